The predicted octanol–water partition coefficient (Wildman–Crippen LogP) is 2.18. The lowest BCUT2D eigenvalue weighted by Gasteiger charge is -2.33. The second-order valence-electron chi connectivity index (χ2n) is 5.33. The number of carbonyl (C=O) groups is 1. The normalized spacial score (nSPS) is 19.4. The Morgan fingerprint density at radius 3 is 2.54 bits per heavy atom. The highest BCUT2D eigenvalue weighted by atomic mass is 16.6. The molecule has 3 N–H and O–H groups in total. The third-order valence-electron chi connectivity index (χ3n) is 3.71. The van der Waals surface area contributed by atoms with Crippen LogP contribution in [0.1, 0.15) is 17.2 Å². The van der Waals surface area contributed by atoms with E-state index in [4.69, 9.17) is 9.47 Å². The molecule has 0 aromatic heterocycles. The smallest absolute Gasteiger partial charge is 0.163 e. The van der Waals surface area contributed by atoms with Gasteiger partial charge in [0.2, 0.25) is 0 Å². The van der Waals surface area contributed by atoms with Crippen molar-refractivity contribution in [1.29, 1.82) is 0 Å². The quantitative estimate of drug-likeness (QED) is 0.452. The summed E-state index contributed by atoms with van der Waals surface area (Å²) < 4.78 is 11.7. The second-order valence-corrected chi connectivity index (χ2v) is 5.33. The van der Waals surface area contributed by atoms with Crippen LogP contribution in [0.3, 0.4) is 0 Å². The van der Waals surface area contributed by atoms with Gasteiger partial charge < -0.3 is 24.8 Å². The molecule has 124 valence electrons. The highest BCUT2D eigenvalue weighted by Gasteiger charge is 2.33. The van der Waals surface area contributed by atoms with Gasteiger partial charge in [0.25, 0.3) is 0 Å². The molecular weight excluding hydrogens is 312 g/mol. The molecule has 0 radical (unpaired) electrons. The second kappa shape index (κ2) is 6.64. The lowest BCUT2D eigenvalue weighted by molar-refractivity contribution is -0.104. The number of aldehydes is 1. The van der Waals surface area contributed by atoms with E-state index < -0.39 is 12.2 Å². The molecule has 6 heteroatoms. The van der Waals surface area contributed by atoms with Crippen molar-refractivity contribution in [2.75, 3.05) is 6.61 Å². The summed E-state index contributed by atoms with van der Waals surface area (Å²) >= 11 is 0. The molecule has 2 aromatic rings. The van der Waals surface area contributed by atoms with Gasteiger partial charge in [-0.25, -0.2) is 0 Å². The predicted molar refractivity (Wildman–Crippen MR) is 86.2 cm³/mol. The van der Waals surface area contributed by atoms with Gasteiger partial charge in [-0.05, 0) is 35.9 Å². The summed E-state index contributed by atoms with van der Waals surface area (Å²) in [6.07, 6.45) is 2.38. The van der Waals surface area contributed by atoms with Gasteiger partial charge in [-0.1, -0.05) is 18.2 Å². The van der Waals surface area contributed by atoms with Crippen molar-refractivity contribution in [3.8, 4) is 23.0 Å². The molecule has 0 spiro atoms. The fraction of sp³-hybridized carbons (Fsp3) is 0.167. The summed E-state index contributed by atoms with van der Waals surface area (Å²) in [4.78, 5) is 10.4. The number of ether oxygens (including phenoxy) is 2. The molecule has 0 amide bonds. The number of aromatic hydroxyl groups is 2. The Hall–Kier alpha value is -2.99. The van der Waals surface area contributed by atoms with Crippen LogP contribution in [0.15, 0.2) is 42.5 Å². The summed E-state index contributed by atoms with van der Waals surface area (Å²) in [6, 6.07) is 9.51. The molecule has 0 bridgehead atoms. The van der Waals surface area contributed by atoms with Gasteiger partial charge in [0.05, 0.1) is 6.61 Å². The minimum Gasteiger partial charge on any atom is -0.504 e. The van der Waals surface area contributed by atoms with E-state index in [2.05, 4.69) is 0 Å². The Balaban J connectivity index is 1.93. The molecule has 24 heavy (non-hydrogen) atoms. The summed E-state index contributed by atoms with van der Waals surface area (Å²) in [5.41, 5.74) is 1.33. The molecule has 1 aliphatic heterocycles. The molecule has 1 heterocycles. The number of carbonyl (C=O) groups excluding carboxylic acids is 1. The van der Waals surface area contributed by atoms with Gasteiger partial charge in [0.15, 0.2) is 35.2 Å². The number of allylic oxidation sites excluding steroid dienone is 1. The minimum atomic E-state index is -0.674. The average Bonchev–Trinajstić information content (AvgIpc) is 2.61. The number of aliphatic hydroxyl groups excluding tert-OH is 1. The lowest BCUT2D eigenvalue weighted by atomic mass is 10.0. The molecule has 6 nitrogen and oxygen atoms in total. The van der Waals surface area contributed by atoms with Gasteiger partial charge >= 0.3 is 0 Å². The Morgan fingerprint density at radius 1 is 1.00 bits per heavy atom. The van der Waals surface area contributed by atoms with Gasteiger partial charge in [-0.2, -0.15) is 0 Å². The van der Waals surface area contributed by atoms with Crippen LogP contribution in [-0.4, -0.2) is 34.3 Å². The van der Waals surface area contributed by atoms with Crippen LogP contribution in [0.4, 0.5) is 0 Å². The maximum Gasteiger partial charge on any atom is 0.163 e. The third-order valence-corrected chi connectivity index (χ3v) is 3.71. The van der Waals surface area contributed by atoms with Crippen LogP contribution >= 0.6 is 0 Å². The average molecular weight is 328 g/mol. The Bertz CT molecular complexity index is 783. The first-order chi connectivity index (χ1) is 11.6. The van der Waals surface area contributed by atoms with Crippen LogP contribution in [0, 0.1) is 0 Å². The number of hydrogen-bond donors (Lipinski definition) is 3. The van der Waals surface area contributed by atoms with E-state index in [9.17, 15) is 20.1 Å². The van der Waals surface area contributed by atoms with Gasteiger partial charge in [-0.15, -0.1) is 0 Å². The summed E-state index contributed by atoms with van der Waals surface area (Å²) in [7, 11) is 0. The number of phenolic OH excluding ortho intramolecular Hbond substituents is 2. The molecule has 1 aliphatic rings. The van der Waals surface area contributed by atoms with E-state index in [1.807, 2.05) is 0 Å². The fourth-order valence-electron chi connectivity index (χ4n) is 2.54. The molecule has 0 unspecified atom stereocenters. The monoisotopic (exact) mass is 328 g/mol. The number of rotatable bonds is 4. The van der Waals surface area contributed by atoms with E-state index in [-0.39, 0.29) is 18.1 Å². The van der Waals surface area contributed by atoms with E-state index in [1.165, 1.54) is 18.2 Å². The zero-order valence-corrected chi connectivity index (χ0v) is 12.6. The Kier molecular flexibility index (Phi) is 4.39. The molecule has 0 aliphatic carbocycles. The number of benzene rings is 2. The third kappa shape index (κ3) is 3.04. The van der Waals surface area contributed by atoms with Crippen molar-refractivity contribution in [2.24, 2.45) is 0 Å². The molecule has 2 atom stereocenters. The molecule has 0 fully saturated rings. The van der Waals surface area contributed by atoms with Crippen molar-refractivity contribution in [3.05, 3.63) is 53.6 Å². The zero-order valence-electron chi connectivity index (χ0n) is 12.6. The molecule has 3 rings (SSSR count). The van der Waals surface area contributed by atoms with E-state index in [1.54, 1.807) is 30.3 Å². The molecular formula is C18H16O6. The number of aliphatic hydroxyl groups is 1. The maximum absolute atomic E-state index is 10.4. The first-order valence-corrected chi connectivity index (χ1v) is 7.34. The zero-order chi connectivity index (χ0) is 17.1. The largest absolute Gasteiger partial charge is 0.504 e. The van der Waals surface area contributed by atoms with Crippen molar-refractivity contribution < 1.29 is 29.6 Å². The highest BCUT2D eigenvalue weighted by molar-refractivity contribution is 5.74. The highest BCUT2D eigenvalue weighted by Crippen LogP contribution is 2.41. The van der Waals surface area contributed by atoms with Crippen LogP contribution in [-0.2, 0) is 4.79 Å². The molecule has 2 aromatic carbocycles. The summed E-state index contributed by atoms with van der Waals surface area (Å²) in [5.74, 6) is 0.442. The number of phenols is 2. The van der Waals surface area contributed by atoms with Crippen LogP contribution < -0.4 is 9.47 Å². The fourth-order valence-corrected chi connectivity index (χ4v) is 2.54. The van der Waals surface area contributed by atoms with Crippen molar-refractivity contribution in [2.45, 2.75) is 12.2 Å². The minimum absolute atomic E-state index is 0.233. The van der Waals surface area contributed by atoms with E-state index >= 15 is 0 Å². The molecule has 0 saturated carbocycles. The standard InChI is InChI=1S/C18H16O6/c19-7-1-2-11-3-6-15-16(8-11)23-17(10-20)18(24-15)12-4-5-13(21)14(22)9-12/h1-9,17-18,20-22H,10H2/t17-,18-/m1/s1. The van der Waals surface area contributed by atoms with Crippen LogP contribution in [0.2, 0.25) is 0 Å². The van der Waals surface area contributed by atoms with Crippen molar-refractivity contribution in [3.63, 3.8) is 0 Å². The van der Waals surface area contributed by atoms with Gasteiger partial charge in [0.1, 0.15) is 6.29 Å². The van der Waals surface area contributed by atoms with E-state index in [0.29, 0.717) is 23.3 Å². The topological polar surface area (TPSA) is 96.2 Å². The van der Waals surface area contributed by atoms with Crippen molar-refractivity contribution >= 4 is 12.4 Å². The van der Waals surface area contributed by atoms with Gasteiger partial charge in [0, 0.05) is 5.56 Å². The Labute approximate surface area is 138 Å². The first kappa shape index (κ1) is 15.9. The van der Waals surface area contributed by atoms with Crippen molar-refractivity contribution in [1.82, 2.24) is 0 Å². The number of fused-ring (bicyclic) bond motifs is 1. The van der Waals surface area contributed by atoms with Gasteiger partial charge in [-0.3, -0.25) is 4.79 Å². The van der Waals surface area contributed by atoms with Crippen LogP contribution in [0.25, 0.3) is 6.08 Å². The molecule has 0 saturated heterocycles. The van der Waals surface area contributed by atoms with Crippen LogP contribution in [0.5, 0.6) is 23.0 Å². The first-order valence-electron chi connectivity index (χ1n) is 7.34. The Morgan fingerprint density at radius 2 is 1.83 bits per heavy atom. The lowest BCUT2D eigenvalue weighted by Crippen LogP contribution is -2.36. The van der Waals surface area contributed by atoms with E-state index in [0.717, 1.165) is 5.56 Å². The summed E-state index contributed by atoms with van der Waals surface area (Å²) in [5, 5.41) is 28.7. The SMILES string of the molecule is O=CC=Cc1ccc2c(c1)O[C@H](CO)[C@@H](c1ccc(O)c(O)c1)O2. The summed E-state index contributed by atoms with van der Waals surface area (Å²) in [6.45, 7) is -0.292. The number of hydrogen-bond acceptors (Lipinski definition) is 6. The maximum atomic E-state index is 10.4.